The van der Waals surface area contributed by atoms with Gasteiger partial charge in [0.25, 0.3) is 5.91 Å². The van der Waals surface area contributed by atoms with E-state index in [1.54, 1.807) is 17.4 Å². The monoisotopic (exact) mass is 444 g/mol. The maximum atomic E-state index is 13.4. The summed E-state index contributed by atoms with van der Waals surface area (Å²) in [6.07, 6.45) is 1.49. The van der Waals surface area contributed by atoms with Crippen LogP contribution < -0.4 is 16.0 Å². The van der Waals surface area contributed by atoms with Gasteiger partial charge >= 0.3 is 0 Å². The Morgan fingerprint density at radius 2 is 2.13 bits per heavy atom. The third-order valence-electron chi connectivity index (χ3n) is 5.79. The third-order valence-corrected chi connectivity index (χ3v) is 6.67. The number of nitrogens with zero attached hydrogens (tertiary/aromatic N) is 1. The first kappa shape index (κ1) is 21.5. The van der Waals surface area contributed by atoms with Gasteiger partial charge in [-0.05, 0) is 42.5 Å². The van der Waals surface area contributed by atoms with Crippen molar-refractivity contribution < 1.29 is 18.8 Å². The first-order chi connectivity index (χ1) is 15.0. The molecule has 2 saturated heterocycles. The average Bonchev–Trinajstić information content (AvgIpc) is 3.42. The van der Waals surface area contributed by atoms with Gasteiger partial charge in [-0.25, -0.2) is 4.39 Å². The molecule has 3 atom stereocenters. The number of fused-ring (bicyclic) bond motifs is 1. The first-order valence-electron chi connectivity index (χ1n) is 10.4. The largest absolute Gasteiger partial charge is 0.353 e. The van der Waals surface area contributed by atoms with Gasteiger partial charge in [0, 0.05) is 42.0 Å². The van der Waals surface area contributed by atoms with Crippen LogP contribution in [0.2, 0.25) is 0 Å². The van der Waals surface area contributed by atoms with Gasteiger partial charge < -0.3 is 16.0 Å². The van der Waals surface area contributed by atoms with Gasteiger partial charge in [-0.15, -0.1) is 11.3 Å². The smallest absolute Gasteiger partial charge is 0.251 e. The molecule has 9 heteroatoms. The zero-order valence-electron chi connectivity index (χ0n) is 17.0. The minimum Gasteiger partial charge on any atom is -0.353 e. The Labute approximate surface area is 184 Å². The molecule has 2 aliphatic heterocycles. The van der Waals surface area contributed by atoms with Crippen LogP contribution >= 0.6 is 11.3 Å². The summed E-state index contributed by atoms with van der Waals surface area (Å²) in [6, 6.07) is 8.97. The molecule has 1 aromatic heterocycles. The van der Waals surface area contributed by atoms with Crippen molar-refractivity contribution in [3.8, 4) is 0 Å². The molecule has 1 aromatic carbocycles. The van der Waals surface area contributed by atoms with E-state index in [0.29, 0.717) is 38.9 Å². The number of rotatable bonds is 7. The van der Waals surface area contributed by atoms with Crippen LogP contribution in [0.25, 0.3) is 0 Å². The fraction of sp³-hybridized carbons (Fsp3) is 0.409. The molecule has 3 heterocycles. The summed E-state index contributed by atoms with van der Waals surface area (Å²) in [4.78, 5) is 40.2. The number of benzene rings is 1. The van der Waals surface area contributed by atoms with Crippen LogP contribution in [-0.4, -0.2) is 53.8 Å². The summed E-state index contributed by atoms with van der Waals surface area (Å²) in [6.45, 7) is 1.54. The second kappa shape index (κ2) is 9.57. The van der Waals surface area contributed by atoms with Crippen molar-refractivity contribution in [2.75, 3.05) is 13.1 Å². The van der Waals surface area contributed by atoms with Gasteiger partial charge in [-0.3, -0.25) is 19.3 Å². The van der Waals surface area contributed by atoms with Crippen molar-refractivity contribution in [3.63, 3.8) is 0 Å². The van der Waals surface area contributed by atoms with Gasteiger partial charge in [0.2, 0.25) is 11.8 Å². The van der Waals surface area contributed by atoms with Crippen LogP contribution in [0, 0.1) is 5.82 Å². The molecule has 0 unspecified atom stereocenters. The van der Waals surface area contributed by atoms with Crippen LogP contribution in [0.4, 0.5) is 4.39 Å². The van der Waals surface area contributed by atoms with Gasteiger partial charge in [0.05, 0.1) is 12.6 Å². The molecular formula is C22H25FN4O3S. The average molecular weight is 445 g/mol. The number of carbonyl (C=O) groups is 3. The van der Waals surface area contributed by atoms with Crippen LogP contribution in [0.15, 0.2) is 41.8 Å². The van der Waals surface area contributed by atoms with E-state index in [9.17, 15) is 18.8 Å². The topological polar surface area (TPSA) is 90.5 Å². The van der Waals surface area contributed by atoms with Gasteiger partial charge in [-0.1, -0.05) is 12.1 Å². The number of hydrogen-bond acceptors (Lipinski definition) is 5. The molecule has 3 amide bonds. The predicted octanol–water partition coefficient (Wildman–Crippen LogP) is 1.65. The number of halogens is 1. The van der Waals surface area contributed by atoms with E-state index < -0.39 is 5.82 Å². The Morgan fingerprint density at radius 3 is 2.90 bits per heavy atom. The number of nitrogens with one attached hydrogen (secondary N) is 3. The Morgan fingerprint density at radius 1 is 1.26 bits per heavy atom. The Balaban J connectivity index is 1.30. The molecule has 2 aromatic rings. The zero-order valence-corrected chi connectivity index (χ0v) is 17.8. The van der Waals surface area contributed by atoms with Gasteiger partial charge in [0.15, 0.2) is 0 Å². The van der Waals surface area contributed by atoms with Crippen molar-refractivity contribution in [1.82, 2.24) is 20.9 Å². The van der Waals surface area contributed by atoms with E-state index in [4.69, 9.17) is 0 Å². The van der Waals surface area contributed by atoms with E-state index in [0.717, 1.165) is 4.88 Å². The molecule has 3 N–H and O–H groups in total. The summed E-state index contributed by atoms with van der Waals surface area (Å²) in [5, 5.41) is 10.7. The van der Waals surface area contributed by atoms with Crippen molar-refractivity contribution in [2.45, 2.75) is 43.9 Å². The van der Waals surface area contributed by atoms with Crippen molar-refractivity contribution in [3.05, 3.63) is 58.0 Å². The molecule has 164 valence electrons. The first-order valence-corrected chi connectivity index (χ1v) is 11.3. The van der Waals surface area contributed by atoms with E-state index in [-0.39, 0.29) is 41.4 Å². The van der Waals surface area contributed by atoms with Crippen LogP contribution in [-0.2, 0) is 16.1 Å². The van der Waals surface area contributed by atoms with Crippen LogP contribution in [0.5, 0.6) is 0 Å². The minimum absolute atomic E-state index is 0.0167. The van der Waals surface area contributed by atoms with E-state index in [2.05, 4.69) is 20.9 Å². The summed E-state index contributed by atoms with van der Waals surface area (Å²) >= 11 is 1.60. The molecule has 2 aliphatic rings. The highest BCUT2D eigenvalue weighted by Crippen LogP contribution is 2.26. The maximum absolute atomic E-state index is 13.4. The fourth-order valence-corrected chi connectivity index (χ4v) is 4.88. The molecule has 0 spiro atoms. The summed E-state index contributed by atoms with van der Waals surface area (Å²) in [5.41, 5.74) is 0.258. The van der Waals surface area contributed by atoms with E-state index >= 15 is 0 Å². The van der Waals surface area contributed by atoms with Crippen molar-refractivity contribution >= 4 is 29.1 Å². The Bertz CT molecular complexity index is 952. The molecule has 4 rings (SSSR count). The van der Waals surface area contributed by atoms with Gasteiger partial charge in [0.1, 0.15) is 5.82 Å². The highest BCUT2D eigenvalue weighted by atomic mass is 32.1. The molecule has 31 heavy (non-hydrogen) atoms. The maximum Gasteiger partial charge on any atom is 0.251 e. The van der Waals surface area contributed by atoms with Crippen molar-refractivity contribution in [2.24, 2.45) is 0 Å². The third kappa shape index (κ3) is 5.29. The Hall–Kier alpha value is -2.78. The number of hydrogen-bond donors (Lipinski definition) is 3. The summed E-state index contributed by atoms with van der Waals surface area (Å²) in [7, 11) is 0. The van der Waals surface area contributed by atoms with Crippen molar-refractivity contribution in [1.29, 1.82) is 0 Å². The predicted molar refractivity (Wildman–Crippen MR) is 115 cm³/mol. The number of piperazine rings is 1. The van der Waals surface area contributed by atoms with Crippen LogP contribution in [0.1, 0.15) is 34.5 Å². The highest BCUT2D eigenvalue weighted by Gasteiger charge is 2.43. The van der Waals surface area contributed by atoms with Crippen LogP contribution in [0.3, 0.4) is 0 Å². The lowest BCUT2D eigenvalue weighted by atomic mass is 10.0. The molecule has 0 saturated carbocycles. The lowest BCUT2D eigenvalue weighted by Gasteiger charge is -2.37. The van der Waals surface area contributed by atoms with E-state index in [1.807, 2.05) is 17.5 Å². The standard InChI is InChI=1S/C22H25FN4O3S/c23-15-4-1-3-14(9-15)21(29)26-16-10-19-22(30)25-11-17(27(19)13-16)6-7-20(28)24-12-18-5-2-8-31-18/h1-5,8-9,16-17,19H,6-7,10-13H2,(H,24,28)(H,25,30)(H,26,29)/t16-,17-,19+/m1/s1. The molecule has 0 radical (unpaired) electrons. The number of amides is 3. The minimum atomic E-state index is -0.465. The Kier molecular flexibility index (Phi) is 6.62. The summed E-state index contributed by atoms with van der Waals surface area (Å²) < 4.78 is 13.4. The highest BCUT2D eigenvalue weighted by molar-refractivity contribution is 7.09. The second-order valence-electron chi connectivity index (χ2n) is 7.92. The quantitative estimate of drug-likeness (QED) is 0.606. The zero-order chi connectivity index (χ0) is 21.8. The summed E-state index contributed by atoms with van der Waals surface area (Å²) in [5.74, 6) is -0.888. The molecule has 2 fully saturated rings. The lowest BCUT2D eigenvalue weighted by molar-refractivity contribution is -0.129. The normalized spacial score (nSPS) is 23.1. The molecule has 7 nitrogen and oxygen atoms in total. The number of carbonyl (C=O) groups excluding carboxylic acids is 3. The number of thiophene rings is 1. The SMILES string of the molecule is O=C(CC[C@@H]1CNC(=O)[C@@H]2C[C@@H](NC(=O)c3cccc(F)c3)CN12)NCc1cccs1. The lowest BCUT2D eigenvalue weighted by Crippen LogP contribution is -2.58. The molecular weight excluding hydrogens is 419 g/mol. The van der Waals surface area contributed by atoms with E-state index in [1.165, 1.54) is 18.2 Å². The molecule has 0 bridgehead atoms. The molecule has 0 aliphatic carbocycles. The fourth-order valence-electron chi connectivity index (χ4n) is 4.23. The van der Waals surface area contributed by atoms with Gasteiger partial charge in [-0.2, -0.15) is 0 Å². The second-order valence-corrected chi connectivity index (χ2v) is 8.96.